The van der Waals surface area contributed by atoms with Crippen LogP contribution >= 0.6 is 11.6 Å². The zero-order chi connectivity index (χ0) is 23.2. The summed E-state index contributed by atoms with van der Waals surface area (Å²) in [6.45, 7) is 0. The lowest BCUT2D eigenvalue weighted by atomic mass is 9.93. The molecule has 4 rings (SSSR count). The molecular formula is C22H12ClF5N2O2. The summed E-state index contributed by atoms with van der Waals surface area (Å²) in [6, 6.07) is 7.06. The molecule has 3 aromatic rings. The van der Waals surface area contributed by atoms with Crippen molar-refractivity contribution in [3.05, 3.63) is 98.8 Å². The van der Waals surface area contributed by atoms with E-state index in [0.717, 1.165) is 12.1 Å². The van der Waals surface area contributed by atoms with Gasteiger partial charge in [0.25, 0.3) is 18.2 Å². The van der Waals surface area contributed by atoms with E-state index in [1.54, 1.807) is 0 Å². The van der Waals surface area contributed by atoms with Gasteiger partial charge in [-0.15, -0.1) is 0 Å². The number of fused-ring (bicyclic) bond motifs is 1. The summed E-state index contributed by atoms with van der Waals surface area (Å²) in [6.07, 6.45) is -3.16. The van der Waals surface area contributed by atoms with Crippen LogP contribution in [-0.2, 0) is 0 Å². The van der Waals surface area contributed by atoms with Crippen LogP contribution in [0.3, 0.4) is 0 Å². The number of rotatable bonds is 4. The van der Waals surface area contributed by atoms with Crippen molar-refractivity contribution in [1.82, 2.24) is 5.32 Å². The molecule has 164 valence electrons. The van der Waals surface area contributed by atoms with Gasteiger partial charge in [-0.2, -0.15) is 0 Å². The Balaban J connectivity index is 1.80. The number of amides is 2. The van der Waals surface area contributed by atoms with Crippen molar-refractivity contribution in [1.29, 1.82) is 0 Å². The monoisotopic (exact) mass is 466 g/mol. The summed E-state index contributed by atoms with van der Waals surface area (Å²) in [4.78, 5) is 25.1. The van der Waals surface area contributed by atoms with Crippen molar-refractivity contribution in [2.45, 2.75) is 12.5 Å². The Morgan fingerprint density at radius 3 is 2.44 bits per heavy atom. The van der Waals surface area contributed by atoms with Crippen molar-refractivity contribution >= 4 is 29.1 Å². The summed E-state index contributed by atoms with van der Waals surface area (Å²) >= 11 is 5.78. The van der Waals surface area contributed by atoms with Crippen LogP contribution in [0.25, 0.3) is 0 Å². The summed E-state index contributed by atoms with van der Waals surface area (Å²) in [7, 11) is 0. The molecule has 0 spiro atoms. The third-order valence-corrected chi connectivity index (χ3v) is 5.18. The van der Waals surface area contributed by atoms with Gasteiger partial charge in [0.2, 0.25) is 0 Å². The fourth-order valence-corrected chi connectivity index (χ4v) is 3.82. The molecule has 0 aromatic heterocycles. The highest BCUT2D eigenvalue weighted by Crippen LogP contribution is 2.40. The number of nitrogens with one attached hydrogen (secondary N) is 2. The second-order valence-electron chi connectivity index (χ2n) is 6.98. The van der Waals surface area contributed by atoms with Gasteiger partial charge >= 0.3 is 0 Å². The third kappa shape index (κ3) is 3.91. The lowest BCUT2D eigenvalue weighted by Gasteiger charge is -2.20. The average Bonchev–Trinajstić information content (AvgIpc) is 3.06. The standard InChI is InChI=1S/C22H12ClF5N2O2/c23-10-4-9(5-11(24)6-10)21(31)29-17-3-1-2-12-18(17)19(30-22(12)32)13-7-15(25)16(26)8-14(13)20(27)28/h1-8,19-20H,(H,29,31)(H,30,32). The number of alkyl halides is 2. The molecule has 0 bridgehead atoms. The number of carbonyl (C=O) groups excluding carboxylic acids is 2. The molecule has 1 heterocycles. The molecule has 1 unspecified atom stereocenters. The average molecular weight is 467 g/mol. The normalized spacial score (nSPS) is 15.0. The zero-order valence-corrected chi connectivity index (χ0v) is 16.6. The lowest BCUT2D eigenvalue weighted by molar-refractivity contribution is 0.0958. The first-order valence-electron chi connectivity index (χ1n) is 9.14. The second-order valence-corrected chi connectivity index (χ2v) is 7.42. The summed E-state index contributed by atoms with van der Waals surface area (Å²) in [5.74, 6) is -5.02. The van der Waals surface area contributed by atoms with Crippen LogP contribution in [0.1, 0.15) is 49.9 Å². The highest BCUT2D eigenvalue weighted by molar-refractivity contribution is 6.31. The summed E-state index contributed by atoms with van der Waals surface area (Å²) < 4.78 is 68.2. The molecule has 1 atom stereocenters. The zero-order valence-electron chi connectivity index (χ0n) is 15.9. The number of hydrogen-bond acceptors (Lipinski definition) is 2. The molecule has 32 heavy (non-hydrogen) atoms. The van der Waals surface area contributed by atoms with Crippen LogP contribution in [0.2, 0.25) is 5.02 Å². The van der Waals surface area contributed by atoms with E-state index in [2.05, 4.69) is 10.6 Å². The Labute approximate surface area is 183 Å². The second kappa shape index (κ2) is 8.23. The van der Waals surface area contributed by atoms with Crippen LogP contribution in [0.4, 0.5) is 27.6 Å². The summed E-state index contributed by atoms with van der Waals surface area (Å²) in [5.41, 5.74) is -1.11. The molecule has 10 heteroatoms. The molecule has 4 nitrogen and oxygen atoms in total. The van der Waals surface area contributed by atoms with Crippen LogP contribution in [0, 0.1) is 17.5 Å². The Hall–Kier alpha value is -3.46. The topological polar surface area (TPSA) is 58.2 Å². The number of benzene rings is 3. The maximum absolute atomic E-state index is 13.9. The fraction of sp³-hybridized carbons (Fsp3) is 0.0909. The van der Waals surface area contributed by atoms with Crippen molar-refractivity contribution in [2.24, 2.45) is 0 Å². The Kier molecular flexibility index (Phi) is 5.60. The summed E-state index contributed by atoms with van der Waals surface area (Å²) in [5, 5.41) is 4.93. The highest BCUT2D eigenvalue weighted by atomic mass is 35.5. The predicted molar refractivity (Wildman–Crippen MR) is 106 cm³/mol. The predicted octanol–water partition coefficient (Wildman–Crippen LogP) is 5.78. The number of carbonyl (C=O) groups is 2. The number of hydrogen-bond donors (Lipinski definition) is 2. The van der Waals surface area contributed by atoms with E-state index in [1.807, 2.05) is 0 Å². The molecule has 3 aromatic carbocycles. The van der Waals surface area contributed by atoms with E-state index in [1.165, 1.54) is 24.3 Å². The van der Waals surface area contributed by atoms with Gasteiger partial charge in [-0.25, -0.2) is 22.0 Å². The maximum atomic E-state index is 13.9. The molecule has 0 saturated carbocycles. The molecule has 0 fully saturated rings. The molecule has 0 radical (unpaired) electrons. The van der Waals surface area contributed by atoms with Crippen LogP contribution in [-0.4, -0.2) is 11.8 Å². The minimum absolute atomic E-state index is 0.0217. The maximum Gasteiger partial charge on any atom is 0.264 e. The van der Waals surface area contributed by atoms with Crippen molar-refractivity contribution in [3.8, 4) is 0 Å². The van der Waals surface area contributed by atoms with Gasteiger partial charge in [0.05, 0.1) is 6.04 Å². The first kappa shape index (κ1) is 21.8. The minimum atomic E-state index is -3.16. The molecule has 1 aliphatic heterocycles. The molecule has 1 aliphatic rings. The van der Waals surface area contributed by atoms with Gasteiger partial charge in [0, 0.05) is 33.0 Å². The van der Waals surface area contributed by atoms with Crippen LogP contribution < -0.4 is 10.6 Å². The van der Waals surface area contributed by atoms with Gasteiger partial charge < -0.3 is 10.6 Å². The third-order valence-electron chi connectivity index (χ3n) is 4.96. The Morgan fingerprint density at radius 2 is 1.75 bits per heavy atom. The van der Waals surface area contributed by atoms with Crippen molar-refractivity contribution in [2.75, 3.05) is 5.32 Å². The quantitative estimate of drug-likeness (QED) is 0.479. The van der Waals surface area contributed by atoms with E-state index in [4.69, 9.17) is 11.6 Å². The van der Waals surface area contributed by atoms with Gasteiger partial charge in [-0.05, 0) is 48.0 Å². The van der Waals surface area contributed by atoms with E-state index in [-0.39, 0.29) is 33.0 Å². The van der Waals surface area contributed by atoms with Gasteiger partial charge in [0.1, 0.15) is 5.82 Å². The smallest absolute Gasteiger partial charge is 0.264 e. The van der Waals surface area contributed by atoms with Crippen molar-refractivity contribution < 1.29 is 31.5 Å². The van der Waals surface area contributed by atoms with E-state index >= 15 is 0 Å². The number of anilines is 1. The largest absolute Gasteiger partial charge is 0.341 e. The first-order valence-corrected chi connectivity index (χ1v) is 9.51. The first-order chi connectivity index (χ1) is 15.2. The molecule has 0 aliphatic carbocycles. The van der Waals surface area contributed by atoms with Crippen molar-refractivity contribution in [3.63, 3.8) is 0 Å². The molecule has 2 N–H and O–H groups in total. The Morgan fingerprint density at radius 1 is 1.03 bits per heavy atom. The lowest BCUT2D eigenvalue weighted by Crippen LogP contribution is -2.22. The molecule has 2 amide bonds. The Bertz CT molecular complexity index is 1250. The fourth-order valence-electron chi connectivity index (χ4n) is 3.59. The number of halogens is 6. The SMILES string of the molecule is O=C(Nc1cccc2c1C(c1cc(F)c(F)cc1C(F)F)NC2=O)c1cc(F)cc(Cl)c1. The van der Waals surface area contributed by atoms with Gasteiger partial charge in [0.15, 0.2) is 11.6 Å². The minimum Gasteiger partial charge on any atom is -0.341 e. The van der Waals surface area contributed by atoms with Gasteiger partial charge in [-0.3, -0.25) is 9.59 Å². The van der Waals surface area contributed by atoms with Crippen LogP contribution in [0.15, 0.2) is 48.5 Å². The van der Waals surface area contributed by atoms with Gasteiger partial charge in [-0.1, -0.05) is 17.7 Å². The highest BCUT2D eigenvalue weighted by Gasteiger charge is 2.35. The molecular weight excluding hydrogens is 455 g/mol. The van der Waals surface area contributed by atoms with Crippen LogP contribution in [0.5, 0.6) is 0 Å². The van der Waals surface area contributed by atoms with E-state index in [0.29, 0.717) is 12.1 Å². The van der Waals surface area contributed by atoms with E-state index < -0.39 is 47.3 Å². The molecule has 0 saturated heterocycles. The van der Waals surface area contributed by atoms with E-state index in [9.17, 15) is 31.5 Å².